The maximum Gasteiger partial charge on any atom is 0.224 e. The SMILES string of the molecule is C=CCN(CC=C)C(=O)CC(C)(C)N. The molecule has 0 aliphatic rings. The Balaban J connectivity index is 4.28. The maximum absolute atomic E-state index is 11.7. The van der Waals surface area contributed by atoms with Crippen molar-refractivity contribution in [2.45, 2.75) is 25.8 Å². The highest BCUT2D eigenvalue weighted by Crippen LogP contribution is 2.07. The van der Waals surface area contributed by atoms with Gasteiger partial charge in [0.25, 0.3) is 0 Å². The molecule has 0 aromatic heterocycles. The number of hydrogen-bond donors (Lipinski definition) is 1. The Bertz CT molecular complexity index is 206. The lowest BCUT2D eigenvalue weighted by molar-refractivity contribution is -0.131. The summed E-state index contributed by atoms with van der Waals surface area (Å²) in [7, 11) is 0. The predicted octanol–water partition coefficient (Wildman–Crippen LogP) is 1.31. The van der Waals surface area contributed by atoms with Gasteiger partial charge in [0.1, 0.15) is 0 Å². The Morgan fingerprint density at radius 3 is 2.07 bits per heavy atom. The normalized spacial score (nSPS) is 10.8. The second kappa shape index (κ2) is 5.60. The fraction of sp³-hybridized carbons (Fsp3) is 0.545. The lowest BCUT2D eigenvalue weighted by Crippen LogP contribution is -2.41. The van der Waals surface area contributed by atoms with E-state index in [1.807, 2.05) is 13.8 Å². The van der Waals surface area contributed by atoms with Gasteiger partial charge in [-0.2, -0.15) is 0 Å². The summed E-state index contributed by atoms with van der Waals surface area (Å²) in [6.45, 7) is 12.0. The van der Waals surface area contributed by atoms with Crippen molar-refractivity contribution in [1.82, 2.24) is 4.90 Å². The smallest absolute Gasteiger partial charge is 0.224 e. The molecular weight excluding hydrogens is 176 g/mol. The molecule has 0 aromatic rings. The van der Waals surface area contributed by atoms with Crippen molar-refractivity contribution < 1.29 is 4.79 Å². The molecule has 0 fully saturated rings. The highest BCUT2D eigenvalue weighted by molar-refractivity contribution is 5.77. The zero-order valence-electron chi connectivity index (χ0n) is 9.12. The average Bonchev–Trinajstić information content (AvgIpc) is 2.01. The zero-order valence-corrected chi connectivity index (χ0v) is 9.12. The minimum Gasteiger partial charge on any atom is -0.335 e. The van der Waals surface area contributed by atoms with Crippen LogP contribution in [0.4, 0.5) is 0 Å². The number of amides is 1. The van der Waals surface area contributed by atoms with Crippen LogP contribution in [-0.2, 0) is 4.79 Å². The van der Waals surface area contributed by atoms with E-state index in [0.29, 0.717) is 19.5 Å². The Kier molecular flexibility index (Phi) is 5.16. The van der Waals surface area contributed by atoms with Crippen LogP contribution in [0.15, 0.2) is 25.3 Å². The van der Waals surface area contributed by atoms with Crippen LogP contribution in [0.3, 0.4) is 0 Å². The lowest BCUT2D eigenvalue weighted by atomic mass is 10.0. The first-order chi connectivity index (χ1) is 6.40. The van der Waals surface area contributed by atoms with Crippen molar-refractivity contribution in [3.05, 3.63) is 25.3 Å². The van der Waals surface area contributed by atoms with Crippen LogP contribution < -0.4 is 5.73 Å². The summed E-state index contributed by atoms with van der Waals surface area (Å²) in [5.74, 6) is 0.0392. The van der Waals surface area contributed by atoms with Crippen LogP contribution >= 0.6 is 0 Å². The fourth-order valence-electron chi connectivity index (χ4n) is 1.09. The van der Waals surface area contributed by atoms with E-state index in [1.165, 1.54) is 0 Å². The van der Waals surface area contributed by atoms with E-state index in [1.54, 1.807) is 17.1 Å². The first-order valence-corrected chi connectivity index (χ1v) is 4.69. The topological polar surface area (TPSA) is 46.3 Å². The molecule has 1 amide bonds. The van der Waals surface area contributed by atoms with E-state index in [0.717, 1.165) is 0 Å². The molecule has 0 radical (unpaired) electrons. The molecule has 2 N–H and O–H groups in total. The van der Waals surface area contributed by atoms with E-state index in [9.17, 15) is 4.79 Å². The van der Waals surface area contributed by atoms with Gasteiger partial charge >= 0.3 is 0 Å². The van der Waals surface area contributed by atoms with Gasteiger partial charge < -0.3 is 10.6 Å². The van der Waals surface area contributed by atoms with Gasteiger partial charge in [0.15, 0.2) is 0 Å². The highest BCUT2D eigenvalue weighted by atomic mass is 16.2. The molecule has 80 valence electrons. The monoisotopic (exact) mass is 196 g/mol. The van der Waals surface area contributed by atoms with Crippen LogP contribution in [0.2, 0.25) is 0 Å². The van der Waals surface area contributed by atoms with Crippen molar-refractivity contribution in [3.63, 3.8) is 0 Å². The summed E-state index contributed by atoms with van der Waals surface area (Å²) < 4.78 is 0. The summed E-state index contributed by atoms with van der Waals surface area (Å²) in [5.41, 5.74) is 5.31. The summed E-state index contributed by atoms with van der Waals surface area (Å²) in [6.07, 6.45) is 3.74. The second-order valence-electron chi connectivity index (χ2n) is 4.04. The molecule has 0 saturated heterocycles. The third kappa shape index (κ3) is 5.54. The van der Waals surface area contributed by atoms with Gasteiger partial charge in [-0.3, -0.25) is 4.79 Å². The Labute approximate surface area is 86.3 Å². The average molecular weight is 196 g/mol. The molecule has 0 saturated carbocycles. The van der Waals surface area contributed by atoms with Crippen LogP contribution in [0.1, 0.15) is 20.3 Å². The van der Waals surface area contributed by atoms with Crippen molar-refractivity contribution in [3.8, 4) is 0 Å². The summed E-state index contributed by atoms with van der Waals surface area (Å²) >= 11 is 0. The number of nitrogens with zero attached hydrogens (tertiary/aromatic N) is 1. The van der Waals surface area contributed by atoms with Crippen molar-refractivity contribution in [2.75, 3.05) is 13.1 Å². The molecule has 0 aliphatic heterocycles. The van der Waals surface area contributed by atoms with Crippen LogP contribution in [0.25, 0.3) is 0 Å². The van der Waals surface area contributed by atoms with Gasteiger partial charge in [-0.05, 0) is 13.8 Å². The Morgan fingerprint density at radius 1 is 1.36 bits per heavy atom. The van der Waals surface area contributed by atoms with Crippen LogP contribution in [0, 0.1) is 0 Å². The minimum absolute atomic E-state index is 0.0392. The molecule has 0 spiro atoms. The molecule has 0 heterocycles. The van der Waals surface area contributed by atoms with Gasteiger partial charge in [0.05, 0.1) is 0 Å². The molecule has 0 unspecified atom stereocenters. The number of hydrogen-bond acceptors (Lipinski definition) is 2. The zero-order chi connectivity index (χ0) is 11.2. The molecule has 14 heavy (non-hydrogen) atoms. The lowest BCUT2D eigenvalue weighted by Gasteiger charge is -2.24. The van der Waals surface area contributed by atoms with Crippen molar-refractivity contribution >= 4 is 5.91 Å². The maximum atomic E-state index is 11.7. The predicted molar refractivity (Wildman–Crippen MR) is 59.9 cm³/mol. The first-order valence-electron chi connectivity index (χ1n) is 4.69. The number of carbonyl (C=O) groups excluding carboxylic acids is 1. The highest BCUT2D eigenvalue weighted by Gasteiger charge is 2.19. The standard InChI is InChI=1S/C11H20N2O/c1-5-7-13(8-6-2)10(14)9-11(3,4)12/h5-6H,1-2,7-9,12H2,3-4H3. The molecule has 0 bridgehead atoms. The van der Waals surface area contributed by atoms with Crippen molar-refractivity contribution in [2.24, 2.45) is 5.73 Å². The summed E-state index contributed by atoms with van der Waals surface area (Å²) in [4.78, 5) is 13.4. The molecule has 0 atom stereocenters. The van der Waals surface area contributed by atoms with Gasteiger partial charge in [-0.15, -0.1) is 13.2 Å². The summed E-state index contributed by atoms with van der Waals surface area (Å²) in [5, 5.41) is 0. The van der Waals surface area contributed by atoms with Gasteiger partial charge in [0.2, 0.25) is 5.91 Å². The van der Waals surface area contributed by atoms with Gasteiger partial charge in [-0.25, -0.2) is 0 Å². The second-order valence-corrected chi connectivity index (χ2v) is 4.04. The molecule has 3 nitrogen and oxygen atoms in total. The van der Waals surface area contributed by atoms with Crippen LogP contribution in [-0.4, -0.2) is 29.4 Å². The molecule has 0 rings (SSSR count). The Hall–Kier alpha value is -1.09. The third-order valence-electron chi connectivity index (χ3n) is 1.66. The van der Waals surface area contributed by atoms with E-state index in [-0.39, 0.29) is 5.91 Å². The number of carbonyl (C=O) groups is 1. The molecule has 0 aromatic carbocycles. The Morgan fingerprint density at radius 2 is 1.79 bits per heavy atom. The number of nitrogens with two attached hydrogens (primary N) is 1. The molecule has 3 heteroatoms. The van der Waals surface area contributed by atoms with Gasteiger partial charge in [0, 0.05) is 25.0 Å². The minimum atomic E-state index is -0.461. The molecule has 0 aliphatic carbocycles. The van der Waals surface area contributed by atoms with Crippen molar-refractivity contribution in [1.29, 1.82) is 0 Å². The summed E-state index contributed by atoms with van der Waals surface area (Å²) in [6, 6.07) is 0. The largest absolute Gasteiger partial charge is 0.335 e. The van der Waals surface area contributed by atoms with E-state index < -0.39 is 5.54 Å². The number of rotatable bonds is 6. The molecular formula is C11H20N2O. The van der Waals surface area contributed by atoms with E-state index in [4.69, 9.17) is 5.73 Å². The van der Waals surface area contributed by atoms with E-state index >= 15 is 0 Å². The fourth-order valence-corrected chi connectivity index (χ4v) is 1.09. The van der Waals surface area contributed by atoms with E-state index in [2.05, 4.69) is 13.2 Å². The van der Waals surface area contributed by atoms with Gasteiger partial charge in [-0.1, -0.05) is 12.2 Å². The van der Waals surface area contributed by atoms with Crippen LogP contribution in [0.5, 0.6) is 0 Å². The first kappa shape index (κ1) is 12.9. The quantitative estimate of drug-likeness (QED) is 0.651. The third-order valence-corrected chi connectivity index (χ3v) is 1.66.